The van der Waals surface area contributed by atoms with Gasteiger partial charge in [-0.05, 0) is 30.4 Å². The molecule has 2 aromatic rings. The Morgan fingerprint density at radius 3 is 3.08 bits per heavy atom. The molecule has 1 aromatic carbocycles. The van der Waals surface area contributed by atoms with Gasteiger partial charge in [-0.15, -0.1) is 0 Å². The topological polar surface area (TPSA) is 76.2 Å². The van der Waals surface area contributed by atoms with E-state index in [4.69, 9.17) is 9.47 Å². The summed E-state index contributed by atoms with van der Waals surface area (Å²) in [6.45, 7) is 3.34. The molecule has 6 heteroatoms. The maximum absolute atomic E-state index is 12.2. The number of amides is 1. The number of rotatable bonds is 4. The highest BCUT2D eigenvalue weighted by molar-refractivity contribution is 5.82. The summed E-state index contributed by atoms with van der Waals surface area (Å²) < 4.78 is 12.1. The first-order valence-corrected chi connectivity index (χ1v) is 9.12. The second-order valence-corrected chi connectivity index (χ2v) is 7.42. The van der Waals surface area contributed by atoms with Crippen LogP contribution in [0.3, 0.4) is 0 Å². The average Bonchev–Trinajstić information content (AvgIpc) is 3.23. The van der Waals surface area contributed by atoms with Crippen molar-refractivity contribution in [3.8, 4) is 0 Å². The Kier molecular flexibility index (Phi) is 4.48. The predicted molar refractivity (Wildman–Crippen MR) is 94.0 cm³/mol. The molecule has 1 spiro atoms. The van der Waals surface area contributed by atoms with Crippen LogP contribution in [-0.2, 0) is 20.7 Å². The van der Waals surface area contributed by atoms with Gasteiger partial charge in [0, 0.05) is 24.8 Å². The van der Waals surface area contributed by atoms with Crippen molar-refractivity contribution >= 4 is 16.8 Å². The summed E-state index contributed by atoms with van der Waals surface area (Å²) in [5.41, 5.74) is 1.92. The van der Waals surface area contributed by atoms with Crippen LogP contribution in [0, 0.1) is 5.92 Å². The van der Waals surface area contributed by atoms with Crippen molar-refractivity contribution in [1.29, 1.82) is 0 Å². The molecule has 1 aromatic heterocycles. The molecule has 1 amide bonds. The lowest BCUT2D eigenvalue weighted by Crippen LogP contribution is -2.38. The number of nitrogens with zero attached hydrogens (tertiary/aromatic N) is 1. The summed E-state index contributed by atoms with van der Waals surface area (Å²) in [6, 6.07) is 5.91. The van der Waals surface area contributed by atoms with Crippen LogP contribution in [0.1, 0.15) is 38.2 Å². The van der Waals surface area contributed by atoms with Crippen LogP contribution >= 0.6 is 0 Å². The normalized spacial score (nSPS) is 29.3. The molecule has 25 heavy (non-hydrogen) atoms. The molecular formula is C19H25N3O3. The Morgan fingerprint density at radius 2 is 2.24 bits per heavy atom. The summed E-state index contributed by atoms with van der Waals surface area (Å²) >= 11 is 0. The van der Waals surface area contributed by atoms with Crippen LogP contribution in [-0.4, -0.2) is 41.1 Å². The van der Waals surface area contributed by atoms with Crippen LogP contribution in [0.25, 0.3) is 10.9 Å². The highest BCUT2D eigenvalue weighted by atomic mass is 16.7. The van der Waals surface area contributed by atoms with Crippen LogP contribution in [0.4, 0.5) is 0 Å². The Hall–Kier alpha value is -1.92. The first kappa shape index (κ1) is 16.5. The van der Waals surface area contributed by atoms with Crippen molar-refractivity contribution in [2.45, 2.75) is 50.9 Å². The number of carbonyl (C=O) groups is 1. The van der Waals surface area contributed by atoms with Crippen molar-refractivity contribution < 1.29 is 14.3 Å². The zero-order valence-electron chi connectivity index (χ0n) is 14.6. The van der Waals surface area contributed by atoms with Crippen LogP contribution in [0.5, 0.6) is 0 Å². The van der Waals surface area contributed by atoms with E-state index in [1.165, 1.54) is 0 Å². The van der Waals surface area contributed by atoms with Gasteiger partial charge in [0.05, 0.1) is 24.7 Å². The van der Waals surface area contributed by atoms with Gasteiger partial charge in [-0.25, -0.2) is 0 Å². The maximum atomic E-state index is 12.2. The number of hydrogen-bond acceptors (Lipinski definition) is 4. The van der Waals surface area contributed by atoms with E-state index in [1.54, 1.807) is 6.20 Å². The molecule has 1 saturated heterocycles. The zero-order chi connectivity index (χ0) is 17.3. The molecule has 4 rings (SSSR count). The quantitative estimate of drug-likeness (QED) is 0.894. The third-order valence-electron chi connectivity index (χ3n) is 5.35. The fraction of sp³-hybridized carbons (Fsp3) is 0.579. The minimum atomic E-state index is -0.395. The van der Waals surface area contributed by atoms with E-state index in [-0.39, 0.29) is 12.0 Å². The lowest BCUT2D eigenvalue weighted by Gasteiger charge is -2.34. The molecule has 0 bridgehead atoms. The summed E-state index contributed by atoms with van der Waals surface area (Å²) in [7, 11) is 0. The van der Waals surface area contributed by atoms with Gasteiger partial charge in [0.15, 0.2) is 5.79 Å². The lowest BCUT2D eigenvalue weighted by molar-refractivity contribution is -0.191. The minimum absolute atomic E-state index is 0.000631. The lowest BCUT2D eigenvalue weighted by atomic mass is 9.86. The Bertz CT molecular complexity index is 749. The first-order valence-electron chi connectivity index (χ1n) is 9.12. The number of aromatic amines is 1. The Labute approximate surface area is 147 Å². The number of benzene rings is 1. The van der Waals surface area contributed by atoms with Gasteiger partial charge < -0.3 is 14.8 Å². The predicted octanol–water partition coefficient (Wildman–Crippen LogP) is 2.54. The van der Waals surface area contributed by atoms with E-state index < -0.39 is 5.79 Å². The number of hydrogen-bond donors (Lipinski definition) is 2. The van der Waals surface area contributed by atoms with Crippen LogP contribution in [0.15, 0.2) is 24.4 Å². The van der Waals surface area contributed by atoms with E-state index in [9.17, 15) is 4.79 Å². The van der Waals surface area contributed by atoms with Gasteiger partial charge in [0.25, 0.3) is 0 Å². The first-order chi connectivity index (χ1) is 12.1. The van der Waals surface area contributed by atoms with Crippen molar-refractivity contribution in [2.75, 3.05) is 13.2 Å². The largest absolute Gasteiger partial charge is 0.353 e. The fourth-order valence-electron chi connectivity index (χ4n) is 3.75. The van der Waals surface area contributed by atoms with Gasteiger partial charge >= 0.3 is 0 Å². The molecule has 2 fully saturated rings. The average molecular weight is 343 g/mol. The van der Waals surface area contributed by atoms with Gasteiger partial charge in [0.1, 0.15) is 6.10 Å². The van der Waals surface area contributed by atoms with E-state index >= 15 is 0 Å². The SMILES string of the molecule is CC1CCC2(CC1)OCC(CNC(=O)Cc1ccc3cn[nH]c3c1)O2. The van der Waals surface area contributed by atoms with E-state index in [1.807, 2.05) is 18.2 Å². The van der Waals surface area contributed by atoms with Crippen molar-refractivity contribution in [3.63, 3.8) is 0 Å². The summed E-state index contributed by atoms with van der Waals surface area (Å²) in [6.07, 6.45) is 6.30. The second-order valence-electron chi connectivity index (χ2n) is 7.42. The number of aromatic nitrogens is 2. The van der Waals surface area contributed by atoms with Crippen LogP contribution < -0.4 is 5.32 Å². The molecule has 2 N–H and O–H groups in total. The highest BCUT2D eigenvalue weighted by Crippen LogP contribution is 2.39. The summed E-state index contributed by atoms with van der Waals surface area (Å²) in [5, 5.41) is 11.0. The van der Waals surface area contributed by atoms with Crippen molar-refractivity contribution in [1.82, 2.24) is 15.5 Å². The van der Waals surface area contributed by atoms with Gasteiger partial charge in [0.2, 0.25) is 5.91 Å². The van der Waals surface area contributed by atoms with Crippen molar-refractivity contribution in [2.24, 2.45) is 5.92 Å². The van der Waals surface area contributed by atoms with Crippen molar-refractivity contribution in [3.05, 3.63) is 30.0 Å². The molecule has 0 radical (unpaired) electrons. The maximum Gasteiger partial charge on any atom is 0.224 e. The third-order valence-corrected chi connectivity index (χ3v) is 5.35. The third kappa shape index (κ3) is 3.70. The molecule has 1 aliphatic carbocycles. The monoisotopic (exact) mass is 343 g/mol. The van der Waals surface area contributed by atoms with Gasteiger partial charge in [-0.3, -0.25) is 9.89 Å². The smallest absolute Gasteiger partial charge is 0.224 e. The standard InChI is InChI=1S/C19H25N3O3/c1-13-4-6-19(7-5-13)24-12-16(25-19)11-20-18(23)9-14-2-3-15-10-21-22-17(15)8-14/h2-3,8,10,13,16H,4-7,9,11-12H2,1H3,(H,20,23)(H,21,22). The molecule has 134 valence electrons. The molecule has 2 aliphatic rings. The minimum Gasteiger partial charge on any atom is -0.353 e. The molecular weight excluding hydrogens is 318 g/mol. The Balaban J connectivity index is 1.26. The number of carbonyl (C=O) groups excluding carboxylic acids is 1. The molecule has 1 saturated carbocycles. The molecule has 2 heterocycles. The molecule has 1 unspecified atom stereocenters. The summed E-state index contributed by atoms with van der Waals surface area (Å²) in [4.78, 5) is 12.2. The zero-order valence-corrected chi connectivity index (χ0v) is 14.6. The molecule has 1 aliphatic heterocycles. The van der Waals surface area contributed by atoms with E-state index in [0.29, 0.717) is 19.6 Å². The molecule has 6 nitrogen and oxygen atoms in total. The number of H-pyrrole nitrogens is 1. The molecule has 1 atom stereocenters. The van der Waals surface area contributed by atoms with Gasteiger partial charge in [-0.2, -0.15) is 5.10 Å². The number of nitrogens with one attached hydrogen (secondary N) is 2. The van der Waals surface area contributed by atoms with Gasteiger partial charge in [-0.1, -0.05) is 19.1 Å². The number of fused-ring (bicyclic) bond motifs is 1. The number of ether oxygens (including phenoxy) is 2. The van der Waals surface area contributed by atoms with E-state index in [2.05, 4.69) is 22.4 Å². The van der Waals surface area contributed by atoms with Crippen LogP contribution in [0.2, 0.25) is 0 Å². The second kappa shape index (κ2) is 6.77. The van der Waals surface area contributed by atoms with E-state index in [0.717, 1.165) is 48.1 Å². The fourth-order valence-corrected chi connectivity index (χ4v) is 3.75. The summed E-state index contributed by atoms with van der Waals surface area (Å²) in [5.74, 6) is 0.359. The highest BCUT2D eigenvalue weighted by Gasteiger charge is 2.43. The Morgan fingerprint density at radius 1 is 1.40 bits per heavy atom.